The SMILES string of the molecule is Cc1c(NC(=O)OC(C)(C)C)cc([N+](=O)[O-])cc1[N+](=O)[O-]. The molecule has 0 unspecified atom stereocenters. The van der Waals surface area contributed by atoms with Gasteiger partial charge in [0.15, 0.2) is 0 Å². The molecule has 0 aliphatic carbocycles. The molecule has 1 aromatic carbocycles. The number of hydrogen-bond acceptors (Lipinski definition) is 6. The normalized spacial score (nSPS) is 10.9. The number of nitrogens with one attached hydrogen (secondary N) is 1. The molecule has 9 nitrogen and oxygen atoms in total. The van der Waals surface area contributed by atoms with E-state index in [4.69, 9.17) is 4.74 Å². The smallest absolute Gasteiger partial charge is 0.412 e. The van der Waals surface area contributed by atoms with Crippen molar-refractivity contribution in [1.82, 2.24) is 0 Å². The second-order valence-electron chi connectivity index (χ2n) is 5.28. The third-order valence-corrected chi connectivity index (χ3v) is 2.41. The van der Waals surface area contributed by atoms with Gasteiger partial charge in [-0.2, -0.15) is 0 Å². The molecule has 1 aromatic rings. The average Bonchev–Trinajstić information content (AvgIpc) is 2.28. The number of carbonyl (C=O) groups excluding carboxylic acids is 1. The van der Waals surface area contributed by atoms with Gasteiger partial charge in [-0.25, -0.2) is 4.79 Å². The molecule has 0 atom stereocenters. The number of nitrogens with zero attached hydrogens (tertiary/aromatic N) is 2. The van der Waals surface area contributed by atoms with Gasteiger partial charge in [-0.3, -0.25) is 25.5 Å². The lowest BCUT2D eigenvalue weighted by Crippen LogP contribution is -2.27. The van der Waals surface area contributed by atoms with Crippen molar-refractivity contribution in [1.29, 1.82) is 0 Å². The first-order valence-corrected chi connectivity index (χ1v) is 5.94. The summed E-state index contributed by atoms with van der Waals surface area (Å²) in [5.41, 5.74) is -1.62. The molecule has 21 heavy (non-hydrogen) atoms. The molecule has 0 aromatic heterocycles. The van der Waals surface area contributed by atoms with Gasteiger partial charge in [0, 0.05) is 6.07 Å². The van der Waals surface area contributed by atoms with E-state index in [1.165, 1.54) is 6.92 Å². The first-order valence-electron chi connectivity index (χ1n) is 5.94. The number of nitro groups is 2. The lowest BCUT2D eigenvalue weighted by Gasteiger charge is -2.20. The predicted molar refractivity (Wildman–Crippen MR) is 74.3 cm³/mol. The molecule has 0 saturated heterocycles. The number of rotatable bonds is 3. The number of anilines is 1. The van der Waals surface area contributed by atoms with Crippen LogP contribution >= 0.6 is 0 Å². The Morgan fingerprint density at radius 3 is 2.19 bits per heavy atom. The molecular formula is C12H15N3O6. The minimum absolute atomic E-state index is 0.0369. The summed E-state index contributed by atoms with van der Waals surface area (Å²) >= 11 is 0. The third-order valence-electron chi connectivity index (χ3n) is 2.41. The standard InChI is InChI=1S/C12H15N3O6/c1-7-9(13-11(16)21-12(2,3)4)5-8(14(17)18)6-10(7)15(19)20/h5-6H,1-4H3,(H,13,16). The zero-order valence-corrected chi connectivity index (χ0v) is 12.0. The van der Waals surface area contributed by atoms with E-state index >= 15 is 0 Å². The summed E-state index contributed by atoms with van der Waals surface area (Å²) in [5.74, 6) is 0. The Balaban J connectivity index is 3.20. The number of non-ortho nitro benzene ring substituents is 1. The molecule has 0 radical (unpaired) electrons. The van der Waals surface area contributed by atoms with Crippen LogP contribution in [0, 0.1) is 27.2 Å². The van der Waals surface area contributed by atoms with Gasteiger partial charge in [0.05, 0.1) is 27.2 Å². The summed E-state index contributed by atoms with van der Waals surface area (Å²) in [5, 5.41) is 24.0. The van der Waals surface area contributed by atoms with Gasteiger partial charge in [-0.05, 0) is 27.7 Å². The highest BCUT2D eigenvalue weighted by molar-refractivity contribution is 5.87. The van der Waals surface area contributed by atoms with Gasteiger partial charge < -0.3 is 4.74 Å². The number of carbonyl (C=O) groups is 1. The molecule has 0 bridgehead atoms. The monoisotopic (exact) mass is 297 g/mol. The second-order valence-corrected chi connectivity index (χ2v) is 5.28. The van der Waals surface area contributed by atoms with Crippen LogP contribution in [0.2, 0.25) is 0 Å². The Morgan fingerprint density at radius 2 is 1.76 bits per heavy atom. The van der Waals surface area contributed by atoms with Crippen molar-refractivity contribution in [3.05, 3.63) is 37.9 Å². The fourth-order valence-corrected chi connectivity index (χ4v) is 1.52. The zero-order chi connectivity index (χ0) is 16.4. The van der Waals surface area contributed by atoms with E-state index in [0.717, 1.165) is 12.1 Å². The van der Waals surface area contributed by atoms with Crippen molar-refractivity contribution in [2.45, 2.75) is 33.3 Å². The quantitative estimate of drug-likeness (QED) is 0.674. The highest BCUT2D eigenvalue weighted by Gasteiger charge is 2.24. The summed E-state index contributed by atoms with van der Waals surface area (Å²) in [6.07, 6.45) is -0.847. The van der Waals surface area contributed by atoms with Gasteiger partial charge in [0.1, 0.15) is 5.60 Å². The van der Waals surface area contributed by atoms with E-state index < -0.39 is 32.9 Å². The largest absolute Gasteiger partial charge is 0.444 e. The molecule has 0 fully saturated rings. The molecule has 0 spiro atoms. The molecule has 1 N–H and O–H groups in total. The number of ether oxygens (including phenoxy) is 1. The van der Waals surface area contributed by atoms with Crippen LogP contribution in [0.25, 0.3) is 0 Å². The third kappa shape index (κ3) is 4.41. The Hall–Kier alpha value is -2.71. The predicted octanol–water partition coefficient (Wildman–Crippen LogP) is 3.16. The summed E-state index contributed by atoms with van der Waals surface area (Å²) in [6.45, 7) is 6.33. The average molecular weight is 297 g/mol. The van der Waals surface area contributed by atoms with E-state index in [9.17, 15) is 25.0 Å². The fraction of sp³-hybridized carbons (Fsp3) is 0.417. The highest BCUT2D eigenvalue weighted by atomic mass is 16.6. The molecule has 1 amide bonds. The van der Waals surface area contributed by atoms with Crippen LogP contribution in [0.5, 0.6) is 0 Å². The topological polar surface area (TPSA) is 125 Å². The van der Waals surface area contributed by atoms with Crippen LogP contribution < -0.4 is 5.32 Å². The Bertz CT molecular complexity index is 606. The number of benzene rings is 1. The van der Waals surface area contributed by atoms with Crippen molar-refractivity contribution < 1.29 is 19.4 Å². The van der Waals surface area contributed by atoms with Crippen molar-refractivity contribution in [2.24, 2.45) is 0 Å². The van der Waals surface area contributed by atoms with E-state index in [1.54, 1.807) is 20.8 Å². The van der Waals surface area contributed by atoms with Crippen LogP contribution in [0.1, 0.15) is 26.3 Å². The van der Waals surface area contributed by atoms with E-state index in [-0.39, 0.29) is 11.3 Å². The maximum Gasteiger partial charge on any atom is 0.412 e. The molecular weight excluding hydrogens is 282 g/mol. The van der Waals surface area contributed by atoms with E-state index in [1.807, 2.05) is 0 Å². The van der Waals surface area contributed by atoms with E-state index in [0.29, 0.717) is 0 Å². The molecule has 0 aliphatic heterocycles. The highest BCUT2D eigenvalue weighted by Crippen LogP contribution is 2.31. The lowest BCUT2D eigenvalue weighted by atomic mass is 10.1. The minimum Gasteiger partial charge on any atom is -0.444 e. The van der Waals surface area contributed by atoms with Gasteiger partial charge in [-0.15, -0.1) is 0 Å². The molecule has 0 saturated carbocycles. The first kappa shape index (κ1) is 16.3. The van der Waals surface area contributed by atoms with Crippen LogP contribution in [0.15, 0.2) is 12.1 Å². The van der Waals surface area contributed by atoms with Gasteiger partial charge in [0.2, 0.25) is 0 Å². The summed E-state index contributed by atoms with van der Waals surface area (Å²) < 4.78 is 5.01. The number of amides is 1. The van der Waals surface area contributed by atoms with Gasteiger partial charge in [-0.1, -0.05) is 0 Å². The van der Waals surface area contributed by atoms with Crippen LogP contribution in [0.4, 0.5) is 21.9 Å². The van der Waals surface area contributed by atoms with Crippen molar-refractivity contribution in [2.75, 3.05) is 5.32 Å². The molecule has 1 rings (SSSR count). The van der Waals surface area contributed by atoms with Gasteiger partial charge >= 0.3 is 6.09 Å². The Morgan fingerprint density at radius 1 is 1.19 bits per heavy atom. The number of hydrogen-bond donors (Lipinski definition) is 1. The zero-order valence-electron chi connectivity index (χ0n) is 12.0. The van der Waals surface area contributed by atoms with Crippen molar-refractivity contribution >= 4 is 23.2 Å². The van der Waals surface area contributed by atoms with Gasteiger partial charge in [0.25, 0.3) is 11.4 Å². The van der Waals surface area contributed by atoms with Crippen molar-refractivity contribution in [3.63, 3.8) is 0 Å². The summed E-state index contributed by atoms with van der Waals surface area (Å²) in [6, 6.07) is 1.89. The maximum atomic E-state index is 11.7. The first-order chi connectivity index (χ1) is 9.51. The minimum atomic E-state index is -0.847. The van der Waals surface area contributed by atoms with Crippen LogP contribution in [-0.2, 0) is 4.74 Å². The Labute approximate surface area is 120 Å². The van der Waals surface area contributed by atoms with E-state index in [2.05, 4.69) is 5.32 Å². The number of nitro benzene ring substituents is 2. The van der Waals surface area contributed by atoms with Crippen LogP contribution in [-0.4, -0.2) is 21.5 Å². The molecule has 9 heteroatoms. The molecule has 114 valence electrons. The molecule has 0 heterocycles. The maximum absolute atomic E-state index is 11.7. The second kappa shape index (κ2) is 5.73. The van der Waals surface area contributed by atoms with Crippen LogP contribution in [0.3, 0.4) is 0 Å². The molecule has 0 aliphatic rings. The summed E-state index contributed by atoms with van der Waals surface area (Å²) in [4.78, 5) is 31.8. The fourth-order valence-electron chi connectivity index (χ4n) is 1.52. The Kier molecular flexibility index (Phi) is 4.46. The van der Waals surface area contributed by atoms with Crippen molar-refractivity contribution in [3.8, 4) is 0 Å². The summed E-state index contributed by atoms with van der Waals surface area (Å²) in [7, 11) is 0. The lowest BCUT2D eigenvalue weighted by molar-refractivity contribution is -0.394.